The van der Waals surface area contributed by atoms with Crippen LogP contribution in [0.5, 0.6) is 5.75 Å². The minimum Gasteiger partial charge on any atom is -0.494 e. The summed E-state index contributed by atoms with van der Waals surface area (Å²) in [4.78, 5) is 16.4. The van der Waals surface area contributed by atoms with Gasteiger partial charge in [-0.25, -0.2) is 0 Å². The molecule has 1 amide bonds. The Balaban J connectivity index is 1.75. The number of amides is 1. The Morgan fingerprint density at radius 3 is 2.67 bits per heavy atom. The molecule has 0 atom stereocenters. The molecule has 4 rings (SSSR count). The molecule has 0 unspecified atom stereocenters. The van der Waals surface area contributed by atoms with Crippen molar-refractivity contribution < 1.29 is 9.53 Å². The summed E-state index contributed by atoms with van der Waals surface area (Å²) >= 11 is 8.13. The van der Waals surface area contributed by atoms with Crippen molar-refractivity contribution in [3.8, 4) is 5.75 Å². The molecule has 0 spiro atoms. The normalized spacial score (nSPS) is 14.2. The lowest BCUT2D eigenvalue weighted by Gasteiger charge is -2.35. The number of benzene rings is 2. The first-order valence-electron chi connectivity index (χ1n) is 11.4. The Morgan fingerprint density at radius 2 is 1.97 bits per heavy atom. The number of halogens is 1. The number of hydrogen-bond acceptors (Lipinski definition) is 5. The highest BCUT2D eigenvalue weighted by atomic mass is 35.5. The van der Waals surface area contributed by atoms with Gasteiger partial charge in [-0.1, -0.05) is 49.1 Å². The number of carbonyl (C=O) groups is 1. The number of nitrogens with one attached hydrogen (secondary N) is 2. The summed E-state index contributed by atoms with van der Waals surface area (Å²) in [6, 6.07) is 13.5. The first-order chi connectivity index (χ1) is 16.0. The lowest BCUT2D eigenvalue weighted by Crippen LogP contribution is -2.41. The van der Waals surface area contributed by atoms with Crippen LogP contribution in [0.3, 0.4) is 0 Å². The Labute approximate surface area is 203 Å². The van der Waals surface area contributed by atoms with Crippen molar-refractivity contribution in [2.24, 2.45) is 0 Å². The van der Waals surface area contributed by atoms with E-state index in [0.717, 1.165) is 47.5 Å². The lowest BCUT2D eigenvalue weighted by molar-refractivity contribution is 0.0617. The van der Waals surface area contributed by atoms with E-state index in [9.17, 15) is 4.79 Å². The molecule has 7 heteroatoms. The van der Waals surface area contributed by atoms with Gasteiger partial charge in [0.05, 0.1) is 17.3 Å². The van der Waals surface area contributed by atoms with Gasteiger partial charge in [0.15, 0.2) is 0 Å². The molecule has 0 bridgehead atoms. The lowest BCUT2D eigenvalue weighted by atomic mass is 9.93. The maximum atomic E-state index is 13.9. The van der Waals surface area contributed by atoms with Gasteiger partial charge >= 0.3 is 0 Å². The highest BCUT2D eigenvalue weighted by Gasteiger charge is 2.30. The maximum absolute atomic E-state index is 13.9. The molecule has 2 aromatic carbocycles. The summed E-state index contributed by atoms with van der Waals surface area (Å²) in [6.07, 6.45) is 6.36. The smallest absolute Gasteiger partial charge is 0.266 e. The third-order valence-electron chi connectivity index (χ3n) is 6.16. The molecule has 0 saturated heterocycles. The zero-order valence-corrected chi connectivity index (χ0v) is 20.3. The van der Waals surface area contributed by atoms with E-state index in [2.05, 4.69) is 0 Å². The second kappa shape index (κ2) is 10.5. The van der Waals surface area contributed by atoms with Crippen molar-refractivity contribution >= 4 is 50.9 Å². The molecule has 5 nitrogen and oxygen atoms in total. The SMILES string of the molecule is CCOc1ccc(C(=N)C=N)cc1CN(C(=O)c1sc2ccccc2c1Cl)C1CCCCC1. The van der Waals surface area contributed by atoms with Gasteiger partial charge < -0.3 is 15.0 Å². The quantitative estimate of drug-likeness (QED) is 0.341. The van der Waals surface area contributed by atoms with Gasteiger partial charge in [-0.3, -0.25) is 10.2 Å². The van der Waals surface area contributed by atoms with E-state index < -0.39 is 0 Å². The van der Waals surface area contributed by atoms with Gasteiger partial charge in [-0.05, 0) is 44.0 Å². The zero-order chi connectivity index (χ0) is 23.4. The van der Waals surface area contributed by atoms with Crippen LogP contribution in [0, 0.1) is 10.8 Å². The zero-order valence-electron chi connectivity index (χ0n) is 18.7. The molecule has 1 saturated carbocycles. The summed E-state index contributed by atoms with van der Waals surface area (Å²) in [5.41, 5.74) is 1.61. The van der Waals surface area contributed by atoms with E-state index in [1.807, 2.05) is 48.2 Å². The summed E-state index contributed by atoms with van der Waals surface area (Å²) in [5.74, 6) is 0.651. The fourth-order valence-corrected chi connectivity index (χ4v) is 5.94. The van der Waals surface area contributed by atoms with E-state index in [4.69, 9.17) is 27.2 Å². The topological polar surface area (TPSA) is 77.2 Å². The second-order valence-corrected chi connectivity index (χ2v) is 9.71. The van der Waals surface area contributed by atoms with Crippen LogP contribution in [0.25, 0.3) is 10.1 Å². The van der Waals surface area contributed by atoms with Crippen LogP contribution in [0.15, 0.2) is 42.5 Å². The van der Waals surface area contributed by atoms with Crippen molar-refractivity contribution in [3.63, 3.8) is 0 Å². The number of carbonyl (C=O) groups excluding carboxylic acids is 1. The molecular weight excluding hydrogens is 454 g/mol. The predicted molar refractivity (Wildman–Crippen MR) is 137 cm³/mol. The highest BCUT2D eigenvalue weighted by Crippen LogP contribution is 2.38. The minimum atomic E-state index is -0.0527. The monoisotopic (exact) mass is 481 g/mol. The Hall–Kier alpha value is -2.70. The van der Waals surface area contributed by atoms with E-state index in [1.54, 1.807) is 6.07 Å². The van der Waals surface area contributed by atoms with Crippen LogP contribution in [-0.2, 0) is 6.54 Å². The fourth-order valence-electron chi connectivity index (χ4n) is 4.48. The van der Waals surface area contributed by atoms with Crippen molar-refractivity contribution in [2.45, 2.75) is 51.6 Å². The van der Waals surface area contributed by atoms with E-state index in [1.165, 1.54) is 17.8 Å². The molecule has 1 aliphatic carbocycles. The molecule has 1 aliphatic rings. The van der Waals surface area contributed by atoms with Gasteiger partial charge in [-0.2, -0.15) is 0 Å². The fraction of sp³-hybridized carbons (Fsp3) is 0.346. The molecule has 0 aliphatic heterocycles. The van der Waals surface area contributed by atoms with Gasteiger partial charge in [0.2, 0.25) is 0 Å². The Morgan fingerprint density at radius 1 is 1.21 bits per heavy atom. The number of thiophene rings is 1. The first kappa shape index (κ1) is 23.5. The Kier molecular flexibility index (Phi) is 7.46. The number of rotatable bonds is 8. The van der Waals surface area contributed by atoms with Gasteiger partial charge in [0.1, 0.15) is 10.6 Å². The van der Waals surface area contributed by atoms with Crippen LogP contribution in [0.2, 0.25) is 5.02 Å². The molecular formula is C26H28ClN3O2S. The average molecular weight is 482 g/mol. The van der Waals surface area contributed by atoms with Crippen LogP contribution in [0.1, 0.15) is 59.8 Å². The van der Waals surface area contributed by atoms with E-state index in [0.29, 0.717) is 34.4 Å². The number of hydrogen-bond donors (Lipinski definition) is 2. The van der Waals surface area contributed by atoms with Crippen molar-refractivity contribution in [1.82, 2.24) is 4.90 Å². The molecule has 1 fully saturated rings. The van der Waals surface area contributed by atoms with Crippen molar-refractivity contribution in [2.75, 3.05) is 6.61 Å². The number of ether oxygens (including phenoxy) is 1. The summed E-state index contributed by atoms with van der Waals surface area (Å²) in [6.45, 7) is 2.81. The average Bonchev–Trinajstić information content (AvgIpc) is 3.19. The van der Waals surface area contributed by atoms with E-state index in [-0.39, 0.29) is 17.7 Å². The summed E-state index contributed by atoms with van der Waals surface area (Å²) < 4.78 is 6.87. The van der Waals surface area contributed by atoms with Crippen LogP contribution >= 0.6 is 22.9 Å². The van der Waals surface area contributed by atoms with Gasteiger partial charge in [0, 0.05) is 40.0 Å². The number of nitrogens with zero attached hydrogens (tertiary/aromatic N) is 1. The molecule has 1 aromatic heterocycles. The van der Waals surface area contributed by atoms with Crippen molar-refractivity contribution in [1.29, 1.82) is 10.8 Å². The predicted octanol–water partition coefficient (Wildman–Crippen LogP) is 6.95. The van der Waals surface area contributed by atoms with Crippen molar-refractivity contribution in [3.05, 3.63) is 63.5 Å². The second-order valence-electron chi connectivity index (χ2n) is 8.28. The maximum Gasteiger partial charge on any atom is 0.266 e. The van der Waals surface area contributed by atoms with Crippen LogP contribution in [-0.4, -0.2) is 35.4 Å². The summed E-state index contributed by atoms with van der Waals surface area (Å²) in [7, 11) is 0. The standard InChI is InChI=1S/C26H28ClN3O2S/c1-2-32-22-13-12-17(21(29)15-28)14-18(22)16-30(19-8-4-3-5-9-19)26(31)25-24(27)20-10-6-7-11-23(20)33-25/h6-7,10-15,19,28-29H,2-5,8-9,16H2,1H3. The Bertz CT molecular complexity index is 1180. The number of fused-ring (bicyclic) bond motifs is 1. The molecule has 3 aromatic rings. The molecule has 172 valence electrons. The van der Waals surface area contributed by atoms with Gasteiger partial charge in [0.25, 0.3) is 5.91 Å². The minimum absolute atomic E-state index is 0.0527. The largest absolute Gasteiger partial charge is 0.494 e. The highest BCUT2D eigenvalue weighted by molar-refractivity contribution is 7.21. The molecule has 0 radical (unpaired) electrons. The van der Waals surface area contributed by atoms with Crippen LogP contribution in [0.4, 0.5) is 0 Å². The molecule has 2 N–H and O–H groups in total. The third kappa shape index (κ3) is 4.97. The van der Waals surface area contributed by atoms with Gasteiger partial charge in [-0.15, -0.1) is 11.3 Å². The van der Waals surface area contributed by atoms with E-state index >= 15 is 0 Å². The first-order valence-corrected chi connectivity index (χ1v) is 12.6. The molecule has 33 heavy (non-hydrogen) atoms. The summed E-state index contributed by atoms with van der Waals surface area (Å²) in [5, 5.41) is 16.9. The van der Waals surface area contributed by atoms with Crippen LogP contribution < -0.4 is 4.74 Å². The molecule has 1 heterocycles. The third-order valence-corrected chi connectivity index (χ3v) is 7.83.